The van der Waals surface area contributed by atoms with Gasteiger partial charge in [-0.25, -0.2) is 0 Å². The van der Waals surface area contributed by atoms with Crippen LogP contribution in [0, 0.1) is 0 Å². The third kappa shape index (κ3) is 4.35. The molecule has 1 aromatic rings. The maximum atomic E-state index is 6.15. The summed E-state index contributed by atoms with van der Waals surface area (Å²) in [5.41, 5.74) is 0. The molecule has 1 unspecified atom stereocenters. The third-order valence-corrected chi connectivity index (χ3v) is 4.67. The second-order valence-electron chi connectivity index (χ2n) is 3.63. The van der Waals surface area contributed by atoms with E-state index in [0.717, 1.165) is 17.3 Å². The minimum absolute atomic E-state index is 0.398. The Labute approximate surface area is 106 Å². The zero-order chi connectivity index (χ0) is 11.3. The minimum atomic E-state index is 0.398. The summed E-state index contributed by atoms with van der Waals surface area (Å²) >= 11 is 9.86. The molecule has 0 fully saturated rings. The molecule has 1 aromatic heterocycles. The van der Waals surface area contributed by atoms with E-state index in [1.165, 1.54) is 4.88 Å². The zero-order valence-corrected chi connectivity index (χ0v) is 11.8. The molecular weight excluding hydrogens is 246 g/mol. The SMILES string of the molecule is CCNC(CSC(C)C)c1sccc1Cl. The van der Waals surface area contributed by atoms with Crippen LogP contribution in [0.5, 0.6) is 0 Å². The van der Waals surface area contributed by atoms with Gasteiger partial charge < -0.3 is 5.32 Å². The molecule has 0 saturated heterocycles. The molecule has 0 aliphatic rings. The fourth-order valence-electron chi connectivity index (χ4n) is 1.32. The Hall–Kier alpha value is 0.300. The van der Waals surface area contributed by atoms with Crippen LogP contribution in [-0.4, -0.2) is 17.5 Å². The van der Waals surface area contributed by atoms with Crippen LogP contribution in [0.25, 0.3) is 0 Å². The fraction of sp³-hybridized carbons (Fsp3) is 0.636. The molecule has 0 aliphatic heterocycles. The smallest absolute Gasteiger partial charge is 0.0561 e. The number of hydrogen-bond acceptors (Lipinski definition) is 3. The normalized spacial score (nSPS) is 13.4. The van der Waals surface area contributed by atoms with Gasteiger partial charge in [-0.05, 0) is 23.2 Å². The molecule has 0 aliphatic carbocycles. The topological polar surface area (TPSA) is 12.0 Å². The van der Waals surface area contributed by atoms with Crippen LogP contribution in [0.2, 0.25) is 5.02 Å². The Balaban J connectivity index is 2.61. The second kappa shape index (κ2) is 6.79. The maximum absolute atomic E-state index is 6.15. The van der Waals surface area contributed by atoms with E-state index in [2.05, 4.69) is 31.5 Å². The predicted octanol–water partition coefficient (Wildman–Crippen LogP) is 4.19. The van der Waals surface area contributed by atoms with Crippen LogP contribution in [0.15, 0.2) is 11.4 Å². The van der Waals surface area contributed by atoms with E-state index in [1.807, 2.05) is 17.8 Å². The van der Waals surface area contributed by atoms with Crippen molar-refractivity contribution in [2.75, 3.05) is 12.3 Å². The van der Waals surface area contributed by atoms with E-state index in [1.54, 1.807) is 11.3 Å². The average Bonchev–Trinajstić information content (AvgIpc) is 2.59. The van der Waals surface area contributed by atoms with E-state index < -0.39 is 0 Å². The van der Waals surface area contributed by atoms with Gasteiger partial charge in [0.1, 0.15) is 0 Å². The van der Waals surface area contributed by atoms with Crippen LogP contribution in [0.4, 0.5) is 0 Å². The molecule has 1 atom stereocenters. The van der Waals surface area contributed by atoms with Crippen molar-refractivity contribution in [3.63, 3.8) is 0 Å². The van der Waals surface area contributed by atoms with E-state index in [0.29, 0.717) is 11.3 Å². The van der Waals surface area contributed by atoms with Gasteiger partial charge in [0.05, 0.1) is 11.1 Å². The van der Waals surface area contributed by atoms with Crippen LogP contribution < -0.4 is 5.32 Å². The van der Waals surface area contributed by atoms with Crippen molar-refractivity contribution in [1.29, 1.82) is 0 Å². The summed E-state index contributed by atoms with van der Waals surface area (Å²) in [5, 5.41) is 7.11. The van der Waals surface area contributed by atoms with Crippen LogP contribution in [0.1, 0.15) is 31.7 Å². The average molecular weight is 264 g/mol. The van der Waals surface area contributed by atoms with Crippen molar-refractivity contribution in [3.05, 3.63) is 21.3 Å². The number of rotatable bonds is 6. The predicted molar refractivity (Wildman–Crippen MR) is 73.3 cm³/mol. The lowest BCUT2D eigenvalue weighted by molar-refractivity contribution is 0.614. The van der Waals surface area contributed by atoms with Crippen molar-refractivity contribution in [2.45, 2.75) is 32.1 Å². The molecule has 0 spiro atoms. The lowest BCUT2D eigenvalue weighted by Gasteiger charge is -2.17. The Bertz CT molecular complexity index is 286. The third-order valence-electron chi connectivity index (χ3n) is 2.01. The number of nitrogens with one attached hydrogen (secondary N) is 1. The Morgan fingerprint density at radius 3 is 2.73 bits per heavy atom. The minimum Gasteiger partial charge on any atom is -0.309 e. The van der Waals surface area contributed by atoms with E-state index >= 15 is 0 Å². The summed E-state index contributed by atoms with van der Waals surface area (Å²) in [6, 6.07) is 2.38. The summed E-state index contributed by atoms with van der Waals surface area (Å²) in [5.74, 6) is 1.09. The molecule has 4 heteroatoms. The van der Waals surface area contributed by atoms with Gasteiger partial charge in [-0.2, -0.15) is 11.8 Å². The summed E-state index contributed by atoms with van der Waals surface area (Å²) in [7, 11) is 0. The molecule has 1 rings (SSSR count). The largest absolute Gasteiger partial charge is 0.309 e. The summed E-state index contributed by atoms with van der Waals surface area (Å²) in [6.45, 7) is 7.57. The highest BCUT2D eigenvalue weighted by molar-refractivity contribution is 7.99. The molecule has 0 amide bonds. The first-order valence-corrected chi connectivity index (χ1v) is 7.53. The maximum Gasteiger partial charge on any atom is 0.0561 e. The standard InChI is InChI=1S/C11H18ClNS2/c1-4-13-10(7-15-8(2)3)11-9(12)5-6-14-11/h5-6,8,10,13H,4,7H2,1-3H3. The highest BCUT2D eigenvalue weighted by Crippen LogP contribution is 2.31. The van der Waals surface area contributed by atoms with Crippen LogP contribution in [0.3, 0.4) is 0 Å². The molecular formula is C11H18ClNS2. The lowest BCUT2D eigenvalue weighted by atomic mass is 10.3. The first kappa shape index (κ1) is 13.4. The van der Waals surface area contributed by atoms with Crippen molar-refractivity contribution in [2.24, 2.45) is 0 Å². The molecule has 15 heavy (non-hydrogen) atoms. The van der Waals surface area contributed by atoms with E-state index in [-0.39, 0.29) is 0 Å². The van der Waals surface area contributed by atoms with E-state index in [9.17, 15) is 0 Å². The van der Waals surface area contributed by atoms with Crippen molar-refractivity contribution in [1.82, 2.24) is 5.32 Å². The lowest BCUT2D eigenvalue weighted by Crippen LogP contribution is -2.22. The Morgan fingerprint density at radius 1 is 1.53 bits per heavy atom. The van der Waals surface area contributed by atoms with Crippen LogP contribution >= 0.6 is 34.7 Å². The highest BCUT2D eigenvalue weighted by Gasteiger charge is 2.15. The molecule has 1 nitrogen and oxygen atoms in total. The van der Waals surface area contributed by atoms with Gasteiger partial charge in [0, 0.05) is 10.6 Å². The van der Waals surface area contributed by atoms with Gasteiger partial charge >= 0.3 is 0 Å². The fourth-order valence-corrected chi connectivity index (χ4v) is 3.55. The Kier molecular flexibility index (Phi) is 6.05. The van der Waals surface area contributed by atoms with Crippen molar-refractivity contribution >= 4 is 34.7 Å². The number of thioether (sulfide) groups is 1. The summed E-state index contributed by atoms with van der Waals surface area (Å²) in [6.07, 6.45) is 0. The zero-order valence-electron chi connectivity index (χ0n) is 9.42. The van der Waals surface area contributed by atoms with Gasteiger partial charge in [0.2, 0.25) is 0 Å². The van der Waals surface area contributed by atoms with Gasteiger partial charge in [-0.3, -0.25) is 0 Å². The molecule has 86 valence electrons. The number of hydrogen-bond donors (Lipinski definition) is 1. The molecule has 0 saturated carbocycles. The molecule has 0 radical (unpaired) electrons. The number of thiophene rings is 1. The van der Waals surface area contributed by atoms with Crippen molar-refractivity contribution in [3.8, 4) is 0 Å². The monoisotopic (exact) mass is 263 g/mol. The van der Waals surface area contributed by atoms with Gasteiger partial charge in [-0.1, -0.05) is 32.4 Å². The molecule has 0 aromatic carbocycles. The van der Waals surface area contributed by atoms with Gasteiger partial charge in [0.15, 0.2) is 0 Å². The quantitative estimate of drug-likeness (QED) is 0.826. The first-order valence-electron chi connectivity index (χ1n) is 5.23. The highest BCUT2D eigenvalue weighted by atomic mass is 35.5. The van der Waals surface area contributed by atoms with Crippen molar-refractivity contribution < 1.29 is 0 Å². The summed E-state index contributed by atoms with van der Waals surface area (Å²) in [4.78, 5) is 1.27. The van der Waals surface area contributed by atoms with Gasteiger partial charge in [0.25, 0.3) is 0 Å². The summed E-state index contributed by atoms with van der Waals surface area (Å²) < 4.78 is 0. The molecule has 0 bridgehead atoms. The van der Waals surface area contributed by atoms with E-state index in [4.69, 9.17) is 11.6 Å². The Morgan fingerprint density at radius 2 is 2.27 bits per heavy atom. The molecule has 1 heterocycles. The molecule has 1 N–H and O–H groups in total. The first-order chi connectivity index (χ1) is 7.15. The second-order valence-corrected chi connectivity index (χ2v) is 6.59. The number of halogens is 1. The van der Waals surface area contributed by atoms with Gasteiger partial charge in [-0.15, -0.1) is 11.3 Å². The van der Waals surface area contributed by atoms with Crippen LogP contribution in [-0.2, 0) is 0 Å².